The van der Waals surface area contributed by atoms with Gasteiger partial charge in [-0.15, -0.1) is 0 Å². The Balaban J connectivity index is 3.08. The molecule has 0 saturated carbocycles. The highest BCUT2D eigenvalue weighted by atomic mass is 16.1. The molecule has 3 heteroatoms. The third-order valence-corrected chi connectivity index (χ3v) is 2.64. The number of hydrogen-bond acceptors (Lipinski definition) is 2. The monoisotopic (exact) mass is 214 g/mol. The fourth-order valence-corrected chi connectivity index (χ4v) is 1.45. The van der Waals surface area contributed by atoms with Crippen molar-refractivity contribution in [3.63, 3.8) is 0 Å². The van der Waals surface area contributed by atoms with Gasteiger partial charge in [0, 0.05) is 12.5 Å². The van der Waals surface area contributed by atoms with Crippen LogP contribution in [0.1, 0.15) is 52.4 Å². The first-order valence-corrected chi connectivity index (χ1v) is 6.18. The first-order valence-electron chi connectivity index (χ1n) is 6.18. The van der Waals surface area contributed by atoms with Gasteiger partial charge in [-0.1, -0.05) is 46.0 Å². The molecule has 0 fully saturated rings. The van der Waals surface area contributed by atoms with Crippen LogP contribution < -0.4 is 11.1 Å². The first kappa shape index (κ1) is 14.4. The topological polar surface area (TPSA) is 55.1 Å². The van der Waals surface area contributed by atoms with Crippen LogP contribution in [-0.2, 0) is 4.79 Å². The summed E-state index contributed by atoms with van der Waals surface area (Å²) < 4.78 is 0. The molecule has 0 aliphatic rings. The Morgan fingerprint density at radius 3 is 2.40 bits per heavy atom. The normalized spacial score (nSPS) is 12.7. The molecule has 0 aromatic rings. The van der Waals surface area contributed by atoms with Gasteiger partial charge in [-0.25, -0.2) is 0 Å². The molecular formula is C12H26N2O. The maximum absolute atomic E-state index is 10.7. The molecule has 0 aliphatic carbocycles. The summed E-state index contributed by atoms with van der Waals surface area (Å²) in [6.07, 6.45) is 7.84. The Kier molecular flexibility index (Phi) is 9.59. The number of carbonyl (C=O) groups is 1. The van der Waals surface area contributed by atoms with E-state index in [1.165, 1.54) is 38.5 Å². The molecule has 15 heavy (non-hydrogen) atoms. The zero-order valence-corrected chi connectivity index (χ0v) is 10.2. The Bertz CT molecular complexity index is 160. The molecule has 0 aromatic carbocycles. The second kappa shape index (κ2) is 9.97. The molecular weight excluding hydrogens is 188 g/mol. The van der Waals surface area contributed by atoms with E-state index in [1.54, 1.807) is 0 Å². The molecule has 0 aliphatic heterocycles. The van der Waals surface area contributed by atoms with E-state index in [0.717, 1.165) is 6.54 Å². The van der Waals surface area contributed by atoms with E-state index in [1.807, 2.05) is 6.92 Å². The van der Waals surface area contributed by atoms with Gasteiger partial charge in [0.05, 0.1) is 0 Å². The quantitative estimate of drug-likeness (QED) is 0.547. The van der Waals surface area contributed by atoms with Crippen LogP contribution in [0.3, 0.4) is 0 Å². The number of primary amides is 1. The van der Waals surface area contributed by atoms with Crippen molar-refractivity contribution in [2.45, 2.75) is 52.4 Å². The molecule has 0 radical (unpaired) electrons. The standard InChI is InChI=1S/C12H26N2O/c1-3-4-5-6-7-8-9-14-10-11(2)12(13)15/h11,14H,3-10H2,1-2H3,(H2,13,15). The molecule has 0 rings (SSSR count). The van der Waals surface area contributed by atoms with Crippen molar-refractivity contribution in [3.05, 3.63) is 0 Å². The highest BCUT2D eigenvalue weighted by molar-refractivity contribution is 5.76. The Morgan fingerprint density at radius 1 is 1.20 bits per heavy atom. The zero-order valence-electron chi connectivity index (χ0n) is 10.2. The number of rotatable bonds is 10. The fraction of sp³-hybridized carbons (Fsp3) is 0.917. The number of amides is 1. The highest BCUT2D eigenvalue weighted by Gasteiger charge is 2.06. The fourth-order valence-electron chi connectivity index (χ4n) is 1.45. The van der Waals surface area contributed by atoms with Crippen molar-refractivity contribution in [2.75, 3.05) is 13.1 Å². The third kappa shape index (κ3) is 9.73. The molecule has 1 unspecified atom stereocenters. The summed E-state index contributed by atoms with van der Waals surface area (Å²) in [5.74, 6) is -0.268. The van der Waals surface area contributed by atoms with Crippen LogP contribution in [0.5, 0.6) is 0 Å². The smallest absolute Gasteiger partial charge is 0.221 e. The summed E-state index contributed by atoms with van der Waals surface area (Å²) in [5.41, 5.74) is 5.15. The molecule has 0 spiro atoms. The lowest BCUT2D eigenvalue weighted by Gasteiger charge is -2.08. The van der Waals surface area contributed by atoms with Gasteiger partial charge in [0.25, 0.3) is 0 Å². The van der Waals surface area contributed by atoms with Gasteiger partial charge >= 0.3 is 0 Å². The van der Waals surface area contributed by atoms with E-state index in [2.05, 4.69) is 12.2 Å². The summed E-state index contributed by atoms with van der Waals surface area (Å²) >= 11 is 0. The lowest BCUT2D eigenvalue weighted by molar-refractivity contribution is -0.121. The van der Waals surface area contributed by atoms with Gasteiger partial charge in [-0.05, 0) is 13.0 Å². The third-order valence-electron chi connectivity index (χ3n) is 2.64. The van der Waals surface area contributed by atoms with Crippen LogP contribution in [-0.4, -0.2) is 19.0 Å². The molecule has 1 amide bonds. The van der Waals surface area contributed by atoms with Crippen LogP contribution in [0.25, 0.3) is 0 Å². The number of nitrogens with two attached hydrogens (primary N) is 1. The summed E-state index contributed by atoms with van der Waals surface area (Å²) in [6.45, 7) is 5.80. The number of hydrogen-bond donors (Lipinski definition) is 2. The van der Waals surface area contributed by atoms with Gasteiger partial charge < -0.3 is 11.1 Å². The molecule has 3 nitrogen and oxygen atoms in total. The Morgan fingerprint density at radius 2 is 1.80 bits per heavy atom. The first-order chi connectivity index (χ1) is 7.18. The van der Waals surface area contributed by atoms with Crippen molar-refractivity contribution < 1.29 is 4.79 Å². The van der Waals surface area contributed by atoms with E-state index in [0.29, 0.717) is 6.54 Å². The van der Waals surface area contributed by atoms with E-state index < -0.39 is 0 Å². The number of unbranched alkanes of at least 4 members (excludes halogenated alkanes) is 5. The largest absolute Gasteiger partial charge is 0.369 e. The van der Waals surface area contributed by atoms with Crippen molar-refractivity contribution in [2.24, 2.45) is 11.7 Å². The molecule has 3 N–H and O–H groups in total. The summed E-state index contributed by atoms with van der Waals surface area (Å²) in [4.78, 5) is 10.7. The minimum absolute atomic E-state index is 0.0508. The van der Waals surface area contributed by atoms with E-state index >= 15 is 0 Å². The Labute approximate surface area is 93.8 Å². The highest BCUT2D eigenvalue weighted by Crippen LogP contribution is 2.04. The van der Waals surface area contributed by atoms with E-state index in [-0.39, 0.29) is 11.8 Å². The average molecular weight is 214 g/mol. The van der Waals surface area contributed by atoms with Gasteiger partial charge in [0.1, 0.15) is 0 Å². The average Bonchev–Trinajstić information content (AvgIpc) is 2.21. The van der Waals surface area contributed by atoms with E-state index in [4.69, 9.17) is 5.73 Å². The molecule has 0 saturated heterocycles. The SMILES string of the molecule is CCCCCCCCNCC(C)C(N)=O. The zero-order chi connectivity index (χ0) is 11.5. The Hall–Kier alpha value is -0.570. The lowest BCUT2D eigenvalue weighted by Crippen LogP contribution is -2.31. The van der Waals surface area contributed by atoms with Crippen LogP contribution in [0, 0.1) is 5.92 Å². The lowest BCUT2D eigenvalue weighted by atomic mass is 10.1. The van der Waals surface area contributed by atoms with Gasteiger partial charge in [-0.2, -0.15) is 0 Å². The number of carbonyl (C=O) groups excluding carboxylic acids is 1. The van der Waals surface area contributed by atoms with Crippen LogP contribution >= 0.6 is 0 Å². The van der Waals surface area contributed by atoms with Crippen molar-refractivity contribution in [1.29, 1.82) is 0 Å². The maximum atomic E-state index is 10.7. The maximum Gasteiger partial charge on any atom is 0.221 e. The van der Waals surface area contributed by atoms with E-state index in [9.17, 15) is 4.79 Å². The van der Waals surface area contributed by atoms with Crippen LogP contribution in [0.4, 0.5) is 0 Å². The van der Waals surface area contributed by atoms with Crippen molar-refractivity contribution in [1.82, 2.24) is 5.32 Å². The molecule has 0 aromatic heterocycles. The summed E-state index contributed by atoms with van der Waals surface area (Å²) in [6, 6.07) is 0. The molecule has 0 heterocycles. The second-order valence-corrected chi connectivity index (χ2v) is 4.28. The van der Waals surface area contributed by atoms with Gasteiger partial charge in [0.2, 0.25) is 5.91 Å². The molecule has 0 bridgehead atoms. The van der Waals surface area contributed by atoms with Gasteiger partial charge in [-0.3, -0.25) is 4.79 Å². The van der Waals surface area contributed by atoms with Crippen molar-refractivity contribution in [3.8, 4) is 0 Å². The number of nitrogens with one attached hydrogen (secondary N) is 1. The molecule has 90 valence electrons. The van der Waals surface area contributed by atoms with Crippen LogP contribution in [0.15, 0.2) is 0 Å². The second-order valence-electron chi connectivity index (χ2n) is 4.28. The predicted molar refractivity (Wildman–Crippen MR) is 64.6 cm³/mol. The minimum Gasteiger partial charge on any atom is -0.369 e. The summed E-state index contributed by atoms with van der Waals surface area (Å²) in [5, 5.41) is 3.26. The predicted octanol–water partition coefficient (Wildman–Crippen LogP) is 2.06. The summed E-state index contributed by atoms with van der Waals surface area (Å²) in [7, 11) is 0. The van der Waals surface area contributed by atoms with Gasteiger partial charge in [0.15, 0.2) is 0 Å². The van der Waals surface area contributed by atoms with Crippen LogP contribution in [0.2, 0.25) is 0 Å². The minimum atomic E-state index is -0.217. The molecule has 1 atom stereocenters. The van der Waals surface area contributed by atoms with Crippen molar-refractivity contribution >= 4 is 5.91 Å².